The smallest absolute Gasteiger partial charge is 0.233 e. The van der Waals surface area contributed by atoms with Crippen LogP contribution in [0.4, 0.5) is 0 Å². The maximum absolute atomic E-state index is 11.4. The Morgan fingerprint density at radius 1 is 1.58 bits per heavy atom. The predicted molar refractivity (Wildman–Crippen MR) is 44.2 cm³/mol. The average molecular weight is 170 g/mol. The van der Waals surface area contributed by atoms with E-state index in [9.17, 15) is 9.59 Å². The molecule has 1 rings (SSSR count). The van der Waals surface area contributed by atoms with Crippen molar-refractivity contribution in [3.8, 4) is 0 Å². The topological polar surface area (TPSA) is 49.4 Å². The standard InChI is InChI=1S/C8H14N2O2/c1-5-4-7(11)10(8(5)12)6(2)9-3/h5-6,9H,4H2,1-3H3. The van der Waals surface area contributed by atoms with Crippen LogP contribution in [0.15, 0.2) is 0 Å². The summed E-state index contributed by atoms with van der Waals surface area (Å²) < 4.78 is 0. The molecule has 0 radical (unpaired) electrons. The largest absolute Gasteiger partial charge is 0.300 e. The number of hydrogen-bond donors (Lipinski definition) is 1. The molecule has 1 aliphatic heterocycles. The SMILES string of the molecule is CNC(C)N1C(=O)CC(C)C1=O. The Bertz CT molecular complexity index is 215. The first-order valence-corrected chi connectivity index (χ1v) is 4.11. The molecule has 4 nitrogen and oxygen atoms in total. The monoisotopic (exact) mass is 170 g/mol. The third-order valence-electron chi connectivity index (χ3n) is 2.21. The zero-order valence-corrected chi connectivity index (χ0v) is 7.63. The van der Waals surface area contributed by atoms with Crippen LogP contribution in [-0.2, 0) is 9.59 Å². The van der Waals surface area contributed by atoms with Crippen LogP contribution < -0.4 is 5.32 Å². The molecule has 1 fully saturated rings. The molecule has 0 aromatic heterocycles. The summed E-state index contributed by atoms with van der Waals surface area (Å²) in [6, 6.07) is 0. The molecule has 2 atom stereocenters. The maximum atomic E-state index is 11.4. The molecule has 68 valence electrons. The lowest BCUT2D eigenvalue weighted by Crippen LogP contribution is -2.45. The van der Waals surface area contributed by atoms with Crippen LogP contribution >= 0.6 is 0 Å². The summed E-state index contributed by atoms with van der Waals surface area (Å²) in [5, 5.41) is 2.87. The number of amides is 2. The van der Waals surface area contributed by atoms with Crippen molar-refractivity contribution in [1.29, 1.82) is 0 Å². The van der Waals surface area contributed by atoms with Gasteiger partial charge in [-0.3, -0.25) is 14.5 Å². The quantitative estimate of drug-likeness (QED) is 0.591. The third-order valence-corrected chi connectivity index (χ3v) is 2.21. The van der Waals surface area contributed by atoms with E-state index in [1.165, 1.54) is 4.90 Å². The Hall–Kier alpha value is -0.900. The molecule has 0 aliphatic carbocycles. The predicted octanol–water partition coefficient (Wildman–Crippen LogP) is -0.0532. The highest BCUT2D eigenvalue weighted by Crippen LogP contribution is 2.19. The number of nitrogens with zero attached hydrogens (tertiary/aromatic N) is 1. The van der Waals surface area contributed by atoms with Gasteiger partial charge in [-0.1, -0.05) is 6.92 Å². The maximum Gasteiger partial charge on any atom is 0.233 e. The summed E-state index contributed by atoms with van der Waals surface area (Å²) in [6.07, 6.45) is 0.167. The van der Waals surface area contributed by atoms with Gasteiger partial charge in [0.1, 0.15) is 0 Å². The lowest BCUT2D eigenvalue weighted by atomic mass is 10.1. The van der Waals surface area contributed by atoms with Crippen LogP contribution in [0, 0.1) is 5.92 Å². The van der Waals surface area contributed by atoms with Crippen molar-refractivity contribution in [2.24, 2.45) is 5.92 Å². The molecule has 1 aliphatic rings. The van der Waals surface area contributed by atoms with E-state index in [0.29, 0.717) is 6.42 Å². The lowest BCUT2D eigenvalue weighted by molar-refractivity contribution is -0.142. The molecule has 0 bridgehead atoms. The number of imide groups is 1. The van der Waals surface area contributed by atoms with Crippen LogP contribution in [0.5, 0.6) is 0 Å². The second kappa shape index (κ2) is 3.23. The van der Waals surface area contributed by atoms with Crippen LogP contribution in [-0.4, -0.2) is 29.9 Å². The number of carbonyl (C=O) groups is 2. The highest BCUT2D eigenvalue weighted by Gasteiger charge is 2.37. The Morgan fingerprint density at radius 2 is 2.17 bits per heavy atom. The van der Waals surface area contributed by atoms with E-state index in [-0.39, 0.29) is 23.9 Å². The van der Waals surface area contributed by atoms with Gasteiger partial charge in [0.25, 0.3) is 0 Å². The van der Waals surface area contributed by atoms with Gasteiger partial charge >= 0.3 is 0 Å². The molecule has 0 aromatic rings. The van der Waals surface area contributed by atoms with Gasteiger partial charge in [0.05, 0.1) is 6.17 Å². The minimum absolute atomic E-state index is 0.0677. The van der Waals surface area contributed by atoms with Crippen molar-refractivity contribution in [2.75, 3.05) is 7.05 Å². The van der Waals surface area contributed by atoms with Gasteiger partial charge in [-0.2, -0.15) is 0 Å². The first-order valence-electron chi connectivity index (χ1n) is 4.11. The summed E-state index contributed by atoms with van der Waals surface area (Å²) in [7, 11) is 1.73. The summed E-state index contributed by atoms with van der Waals surface area (Å²) in [4.78, 5) is 23.9. The van der Waals surface area contributed by atoms with Crippen LogP contribution in [0.3, 0.4) is 0 Å². The van der Waals surface area contributed by atoms with Gasteiger partial charge < -0.3 is 5.32 Å². The molecule has 1 heterocycles. The van der Waals surface area contributed by atoms with E-state index < -0.39 is 0 Å². The fraction of sp³-hybridized carbons (Fsp3) is 0.750. The summed E-state index contributed by atoms with van der Waals surface area (Å²) in [5.74, 6) is -0.287. The van der Waals surface area contributed by atoms with E-state index in [2.05, 4.69) is 5.32 Å². The molecule has 4 heteroatoms. The fourth-order valence-electron chi connectivity index (χ4n) is 1.34. The number of hydrogen-bond acceptors (Lipinski definition) is 3. The lowest BCUT2D eigenvalue weighted by Gasteiger charge is -2.21. The number of carbonyl (C=O) groups excluding carboxylic acids is 2. The summed E-state index contributed by atoms with van der Waals surface area (Å²) in [5.41, 5.74) is 0. The molecule has 1 saturated heterocycles. The van der Waals surface area contributed by atoms with Gasteiger partial charge in [0.15, 0.2) is 0 Å². The molecular formula is C8H14N2O2. The van der Waals surface area contributed by atoms with E-state index in [0.717, 1.165) is 0 Å². The highest BCUT2D eigenvalue weighted by molar-refractivity contribution is 6.03. The van der Waals surface area contributed by atoms with Crippen molar-refractivity contribution in [1.82, 2.24) is 10.2 Å². The molecule has 0 spiro atoms. The van der Waals surface area contributed by atoms with Crippen LogP contribution in [0.2, 0.25) is 0 Å². The minimum Gasteiger partial charge on any atom is -0.300 e. The van der Waals surface area contributed by atoms with Crippen molar-refractivity contribution < 1.29 is 9.59 Å². The Kier molecular flexibility index (Phi) is 2.47. The highest BCUT2D eigenvalue weighted by atomic mass is 16.2. The second-order valence-corrected chi connectivity index (χ2v) is 3.17. The average Bonchev–Trinajstić information content (AvgIpc) is 2.26. The molecular weight excluding hydrogens is 156 g/mol. The van der Waals surface area contributed by atoms with Gasteiger partial charge in [-0.15, -0.1) is 0 Å². The van der Waals surface area contributed by atoms with E-state index >= 15 is 0 Å². The molecule has 0 aromatic carbocycles. The first-order chi connectivity index (χ1) is 5.57. The zero-order valence-electron chi connectivity index (χ0n) is 7.63. The molecule has 1 N–H and O–H groups in total. The van der Waals surface area contributed by atoms with E-state index in [1.807, 2.05) is 0 Å². The Labute approximate surface area is 71.9 Å². The molecule has 2 amide bonds. The molecule has 0 saturated carbocycles. The minimum atomic E-state index is -0.185. The van der Waals surface area contributed by atoms with Crippen molar-refractivity contribution in [3.63, 3.8) is 0 Å². The number of nitrogens with one attached hydrogen (secondary N) is 1. The zero-order chi connectivity index (χ0) is 9.30. The summed E-state index contributed by atoms with van der Waals surface area (Å²) >= 11 is 0. The van der Waals surface area contributed by atoms with E-state index in [1.54, 1.807) is 20.9 Å². The molecule has 12 heavy (non-hydrogen) atoms. The first kappa shape index (κ1) is 9.19. The number of likely N-dealkylation sites (tertiary alicyclic amines) is 1. The normalized spacial score (nSPS) is 26.6. The Balaban J connectivity index is 2.76. The third kappa shape index (κ3) is 1.34. The Morgan fingerprint density at radius 3 is 2.50 bits per heavy atom. The second-order valence-electron chi connectivity index (χ2n) is 3.17. The van der Waals surface area contributed by atoms with Gasteiger partial charge in [0, 0.05) is 12.3 Å². The van der Waals surface area contributed by atoms with Gasteiger partial charge in [-0.05, 0) is 14.0 Å². The fourth-order valence-corrected chi connectivity index (χ4v) is 1.34. The van der Waals surface area contributed by atoms with Crippen molar-refractivity contribution in [3.05, 3.63) is 0 Å². The van der Waals surface area contributed by atoms with Crippen molar-refractivity contribution >= 4 is 11.8 Å². The summed E-state index contributed by atoms with van der Waals surface area (Å²) in [6.45, 7) is 3.58. The van der Waals surface area contributed by atoms with Gasteiger partial charge in [-0.25, -0.2) is 0 Å². The van der Waals surface area contributed by atoms with Crippen LogP contribution in [0.25, 0.3) is 0 Å². The van der Waals surface area contributed by atoms with Crippen molar-refractivity contribution in [2.45, 2.75) is 26.4 Å². The van der Waals surface area contributed by atoms with E-state index in [4.69, 9.17) is 0 Å². The van der Waals surface area contributed by atoms with Crippen LogP contribution in [0.1, 0.15) is 20.3 Å². The number of rotatable bonds is 2. The molecule has 2 unspecified atom stereocenters. The van der Waals surface area contributed by atoms with Gasteiger partial charge in [0.2, 0.25) is 11.8 Å².